The van der Waals surface area contributed by atoms with Gasteiger partial charge in [0.25, 0.3) is 0 Å². The monoisotopic (exact) mass is 321 g/mol. The highest BCUT2D eigenvalue weighted by Gasteiger charge is 2.29. The van der Waals surface area contributed by atoms with Crippen molar-refractivity contribution in [3.8, 4) is 0 Å². The minimum atomic E-state index is -4.38. The standard InChI is InChI=1S/C13H17F2NO4S/c1-8(2)7-10(13(17)20-3)16-21(18,19)11-6-4-5-9(14)12(11)15/h4-6,8,10,16H,7H2,1-3H3. The highest BCUT2D eigenvalue weighted by atomic mass is 32.2. The van der Waals surface area contributed by atoms with E-state index < -0.39 is 38.6 Å². The van der Waals surface area contributed by atoms with Crippen molar-refractivity contribution in [2.75, 3.05) is 7.11 Å². The van der Waals surface area contributed by atoms with Crippen LogP contribution in [0.4, 0.5) is 8.78 Å². The molecule has 0 aliphatic rings. The van der Waals surface area contributed by atoms with Crippen LogP contribution in [0.3, 0.4) is 0 Å². The van der Waals surface area contributed by atoms with Crippen LogP contribution in [0, 0.1) is 17.6 Å². The number of esters is 1. The van der Waals surface area contributed by atoms with Gasteiger partial charge in [0, 0.05) is 0 Å². The molecule has 0 aliphatic carbocycles. The SMILES string of the molecule is COC(=O)C(CC(C)C)NS(=O)(=O)c1cccc(F)c1F. The van der Waals surface area contributed by atoms with Crippen LogP contribution in [0.2, 0.25) is 0 Å². The van der Waals surface area contributed by atoms with Crippen LogP contribution in [0.15, 0.2) is 23.1 Å². The zero-order valence-electron chi connectivity index (χ0n) is 11.9. The number of rotatable bonds is 6. The third-order valence-electron chi connectivity index (χ3n) is 2.70. The second-order valence-electron chi connectivity index (χ2n) is 4.88. The molecule has 0 spiro atoms. The Balaban J connectivity index is 3.11. The summed E-state index contributed by atoms with van der Waals surface area (Å²) in [5, 5.41) is 0. The van der Waals surface area contributed by atoms with E-state index in [1.807, 2.05) is 0 Å². The molecule has 0 heterocycles. The molecular formula is C13H17F2NO4S. The molecule has 1 aromatic rings. The van der Waals surface area contributed by atoms with Crippen molar-refractivity contribution in [2.24, 2.45) is 5.92 Å². The number of sulfonamides is 1. The summed E-state index contributed by atoms with van der Waals surface area (Å²) in [5.41, 5.74) is 0. The van der Waals surface area contributed by atoms with E-state index in [-0.39, 0.29) is 12.3 Å². The first-order valence-corrected chi connectivity index (χ1v) is 7.71. The maximum atomic E-state index is 13.6. The fourth-order valence-electron chi connectivity index (χ4n) is 1.75. The average Bonchev–Trinajstić information content (AvgIpc) is 2.39. The Hall–Kier alpha value is -1.54. The number of ether oxygens (including phenoxy) is 1. The van der Waals surface area contributed by atoms with Crippen molar-refractivity contribution in [3.05, 3.63) is 29.8 Å². The van der Waals surface area contributed by atoms with Crippen molar-refractivity contribution in [3.63, 3.8) is 0 Å². The molecule has 0 saturated heterocycles. The van der Waals surface area contributed by atoms with Crippen molar-refractivity contribution < 1.29 is 26.7 Å². The van der Waals surface area contributed by atoms with Crippen molar-refractivity contribution in [2.45, 2.75) is 31.2 Å². The van der Waals surface area contributed by atoms with Crippen molar-refractivity contribution >= 4 is 16.0 Å². The summed E-state index contributed by atoms with van der Waals surface area (Å²) in [7, 11) is -3.26. The topological polar surface area (TPSA) is 72.5 Å². The van der Waals surface area contributed by atoms with Gasteiger partial charge in [-0.2, -0.15) is 4.72 Å². The number of nitrogens with one attached hydrogen (secondary N) is 1. The molecule has 0 aromatic heterocycles. The smallest absolute Gasteiger partial charge is 0.323 e. The normalized spacial score (nSPS) is 13.2. The van der Waals surface area contributed by atoms with Gasteiger partial charge in [-0.25, -0.2) is 17.2 Å². The first kappa shape index (κ1) is 17.5. The van der Waals surface area contributed by atoms with Gasteiger partial charge in [0.1, 0.15) is 10.9 Å². The fourth-order valence-corrected chi connectivity index (χ4v) is 3.03. The molecule has 1 aromatic carbocycles. The molecule has 0 saturated carbocycles. The quantitative estimate of drug-likeness (QED) is 0.811. The highest BCUT2D eigenvalue weighted by molar-refractivity contribution is 7.89. The van der Waals surface area contributed by atoms with Gasteiger partial charge < -0.3 is 4.74 Å². The molecule has 21 heavy (non-hydrogen) atoms. The van der Waals surface area contributed by atoms with E-state index in [1.54, 1.807) is 13.8 Å². The van der Waals surface area contributed by atoms with E-state index in [4.69, 9.17) is 0 Å². The lowest BCUT2D eigenvalue weighted by atomic mass is 10.1. The van der Waals surface area contributed by atoms with E-state index in [0.717, 1.165) is 25.3 Å². The van der Waals surface area contributed by atoms with Crippen LogP contribution in [0.5, 0.6) is 0 Å². The molecule has 0 radical (unpaired) electrons. The van der Waals surface area contributed by atoms with Crippen LogP contribution in [-0.4, -0.2) is 27.5 Å². The summed E-state index contributed by atoms with van der Waals surface area (Å²) in [5.74, 6) is -3.56. The molecule has 1 unspecified atom stereocenters. The summed E-state index contributed by atoms with van der Waals surface area (Å²) in [6, 6.07) is 1.63. The minimum Gasteiger partial charge on any atom is -0.468 e. The molecule has 0 aliphatic heterocycles. The Morgan fingerprint density at radius 3 is 2.48 bits per heavy atom. The third-order valence-corrected chi connectivity index (χ3v) is 4.19. The van der Waals surface area contributed by atoms with Gasteiger partial charge in [0.05, 0.1) is 7.11 Å². The lowest BCUT2D eigenvalue weighted by Gasteiger charge is -2.18. The summed E-state index contributed by atoms with van der Waals surface area (Å²) in [6.45, 7) is 3.57. The number of hydrogen-bond donors (Lipinski definition) is 1. The van der Waals surface area contributed by atoms with Crippen LogP contribution < -0.4 is 4.72 Å². The van der Waals surface area contributed by atoms with Crippen LogP contribution >= 0.6 is 0 Å². The Morgan fingerprint density at radius 1 is 1.33 bits per heavy atom. The molecule has 5 nitrogen and oxygen atoms in total. The first-order chi connectivity index (χ1) is 9.69. The van der Waals surface area contributed by atoms with Gasteiger partial charge in [-0.3, -0.25) is 4.79 Å². The molecule has 8 heteroatoms. The number of carbonyl (C=O) groups is 1. The fraction of sp³-hybridized carbons (Fsp3) is 0.462. The van der Waals surface area contributed by atoms with Gasteiger partial charge in [0.2, 0.25) is 10.0 Å². The number of carbonyl (C=O) groups excluding carboxylic acids is 1. The Morgan fingerprint density at radius 2 is 1.95 bits per heavy atom. The maximum Gasteiger partial charge on any atom is 0.323 e. The predicted octanol–water partition coefficient (Wildman–Crippen LogP) is 1.83. The van der Waals surface area contributed by atoms with E-state index in [0.29, 0.717) is 0 Å². The Kier molecular flexibility index (Phi) is 5.79. The van der Waals surface area contributed by atoms with E-state index in [2.05, 4.69) is 9.46 Å². The molecule has 1 N–H and O–H groups in total. The lowest BCUT2D eigenvalue weighted by Crippen LogP contribution is -2.42. The Labute approximate surface area is 122 Å². The zero-order chi connectivity index (χ0) is 16.2. The summed E-state index contributed by atoms with van der Waals surface area (Å²) in [4.78, 5) is 10.7. The molecule has 0 bridgehead atoms. The number of hydrogen-bond acceptors (Lipinski definition) is 4. The Bertz CT molecular complexity index is 617. The van der Waals surface area contributed by atoms with Gasteiger partial charge in [-0.1, -0.05) is 19.9 Å². The van der Waals surface area contributed by atoms with Crippen LogP contribution in [-0.2, 0) is 19.6 Å². The third kappa shape index (κ3) is 4.47. The van der Waals surface area contributed by atoms with E-state index in [9.17, 15) is 22.0 Å². The van der Waals surface area contributed by atoms with Gasteiger partial charge in [-0.05, 0) is 24.5 Å². The van der Waals surface area contributed by atoms with Crippen molar-refractivity contribution in [1.82, 2.24) is 4.72 Å². The molecule has 1 rings (SSSR count). The van der Waals surface area contributed by atoms with Gasteiger partial charge >= 0.3 is 5.97 Å². The number of halogens is 2. The predicted molar refractivity (Wildman–Crippen MR) is 71.9 cm³/mol. The van der Waals surface area contributed by atoms with E-state index in [1.165, 1.54) is 0 Å². The minimum absolute atomic E-state index is 0.00541. The maximum absolute atomic E-state index is 13.6. The van der Waals surface area contributed by atoms with E-state index >= 15 is 0 Å². The number of benzene rings is 1. The van der Waals surface area contributed by atoms with Gasteiger partial charge in [-0.15, -0.1) is 0 Å². The summed E-state index contributed by atoms with van der Waals surface area (Å²) in [6.07, 6.45) is 0.169. The zero-order valence-corrected chi connectivity index (χ0v) is 12.7. The van der Waals surface area contributed by atoms with Crippen LogP contribution in [0.25, 0.3) is 0 Å². The molecule has 0 fully saturated rings. The average molecular weight is 321 g/mol. The van der Waals surface area contributed by atoms with Crippen LogP contribution in [0.1, 0.15) is 20.3 Å². The first-order valence-electron chi connectivity index (χ1n) is 6.23. The molecule has 118 valence electrons. The van der Waals surface area contributed by atoms with Gasteiger partial charge in [0.15, 0.2) is 11.6 Å². The largest absolute Gasteiger partial charge is 0.468 e. The second kappa shape index (κ2) is 6.95. The molecular weight excluding hydrogens is 304 g/mol. The number of methoxy groups -OCH3 is 1. The van der Waals surface area contributed by atoms with Crippen molar-refractivity contribution in [1.29, 1.82) is 0 Å². The highest BCUT2D eigenvalue weighted by Crippen LogP contribution is 2.18. The molecule has 0 amide bonds. The molecule has 1 atom stereocenters. The summed E-state index contributed by atoms with van der Waals surface area (Å²) >= 11 is 0. The summed E-state index contributed by atoms with van der Waals surface area (Å²) < 4.78 is 57.5. The second-order valence-corrected chi connectivity index (χ2v) is 6.56. The lowest BCUT2D eigenvalue weighted by molar-refractivity contribution is -0.143.